The van der Waals surface area contributed by atoms with Crippen molar-refractivity contribution in [2.75, 3.05) is 6.61 Å². The maximum Gasteiger partial charge on any atom is 0.190 e. The number of phosphoric acid groups is 1. The first kappa shape index (κ1) is 22.3. The summed E-state index contributed by atoms with van der Waals surface area (Å²) < 4.78 is 15.0. The van der Waals surface area contributed by atoms with E-state index in [9.17, 15) is 34.2 Å². The summed E-state index contributed by atoms with van der Waals surface area (Å²) in [6.45, 7) is 2.92. The van der Waals surface area contributed by atoms with E-state index in [0.717, 1.165) is 18.4 Å². The summed E-state index contributed by atoms with van der Waals surface area (Å²) in [4.78, 5) is 46.3. The Bertz CT molecular complexity index is 848. The summed E-state index contributed by atoms with van der Waals surface area (Å²) in [5.74, 6) is -0.688. The van der Waals surface area contributed by atoms with Crippen LogP contribution in [0.2, 0.25) is 0 Å². The maximum atomic E-state index is 12.8. The molecule has 0 aromatic rings. The molecule has 0 unspecified atom stereocenters. The van der Waals surface area contributed by atoms with E-state index < -0.39 is 37.3 Å². The largest absolute Gasteiger partial charge is 0.790 e. The molecule has 0 heterocycles. The smallest absolute Gasteiger partial charge is 0.190 e. The lowest BCUT2D eigenvalue weighted by atomic mass is 9.45. The average Bonchev–Trinajstić information content (AvgIpc) is 2.91. The summed E-state index contributed by atoms with van der Waals surface area (Å²) >= 11 is 0. The number of Topliss-reactive ketones (excluding diaryl/α,β-unsaturated/α-hetero) is 1. The van der Waals surface area contributed by atoms with Gasteiger partial charge in [-0.2, -0.15) is 0 Å². The predicted molar refractivity (Wildman–Crippen MR) is 102 cm³/mol. The highest BCUT2D eigenvalue weighted by molar-refractivity contribution is 7.43. The molecule has 0 aromatic heterocycles. The van der Waals surface area contributed by atoms with Crippen LogP contribution in [0, 0.1) is 28.6 Å². The zero-order chi connectivity index (χ0) is 22.1. The molecule has 4 aliphatic carbocycles. The molecule has 0 amide bonds. The van der Waals surface area contributed by atoms with Gasteiger partial charge in [0.15, 0.2) is 11.6 Å². The Morgan fingerprint density at radius 3 is 2.63 bits per heavy atom. The van der Waals surface area contributed by atoms with E-state index in [1.54, 1.807) is 13.0 Å². The second kappa shape index (κ2) is 7.06. The van der Waals surface area contributed by atoms with Crippen molar-refractivity contribution in [2.45, 2.75) is 70.5 Å². The van der Waals surface area contributed by atoms with Crippen molar-refractivity contribution in [3.05, 3.63) is 11.6 Å². The number of hydrogen-bond donors (Lipinski definition) is 2. The van der Waals surface area contributed by atoms with Crippen molar-refractivity contribution in [1.29, 1.82) is 0 Å². The Balaban J connectivity index is 1.64. The van der Waals surface area contributed by atoms with Gasteiger partial charge in [-0.25, -0.2) is 0 Å². The van der Waals surface area contributed by atoms with Crippen molar-refractivity contribution in [1.82, 2.24) is 0 Å². The van der Waals surface area contributed by atoms with Crippen molar-refractivity contribution in [3.8, 4) is 0 Å². The molecule has 3 fully saturated rings. The summed E-state index contributed by atoms with van der Waals surface area (Å²) in [6, 6.07) is 0. The minimum absolute atomic E-state index is 0.0258. The first-order valence-corrected chi connectivity index (χ1v) is 12.1. The number of rotatable bonds is 4. The summed E-state index contributed by atoms with van der Waals surface area (Å²) in [6.07, 6.45) is 4.59. The van der Waals surface area contributed by atoms with Gasteiger partial charge in [-0.1, -0.05) is 19.4 Å². The van der Waals surface area contributed by atoms with Crippen LogP contribution in [0.15, 0.2) is 11.6 Å². The van der Waals surface area contributed by atoms with E-state index in [0.29, 0.717) is 19.3 Å². The van der Waals surface area contributed by atoms with Gasteiger partial charge in [0, 0.05) is 11.8 Å². The fraction of sp³-hybridized carbons (Fsp3) is 0.810. The fourth-order valence-corrected chi connectivity index (χ4v) is 7.68. The van der Waals surface area contributed by atoms with Crippen LogP contribution in [-0.4, -0.2) is 40.1 Å². The Morgan fingerprint density at radius 1 is 1.27 bits per heavy atom. The number of carbonyl (C=O) groups excluding carboxylic acids is 2. The lowest BCUT2D eigenvalue weighted by molar-refractivity contribution is -0.341. The zero-order valence-electron chi connectivity index (χ0n) is 17.3. The molecule has 0 bridgehead atoms. The third kappa shape index (κ3) is 3.19. The van der Waals surface area contributed by atoms with Crippen LogP contribution >= 0.6 is 7.82 Å². The number of carbonyl (C=O) groups is 2. The monoisotopic (exact) mass is 440 g/mol. The third-order valence-electron chi connectivity index (χ3n) is 8.86. The van der Waals surface area contributed by atoms with Crippen LogP contribution in [0.5, 0.6) is 0 Å². The van der Waals surface area contributed by atoms with Crippen LogP contribution in [0.25, 0.3) is 0 Å². The molecule has 4 aliphatic rings. The molecule has 7 atom stereocenters. The number of aliphatic hydroxyl groups excluding tert-OH is 1. The van der Waals surface area contributed by atoms with E-state index in [-0.39, 0.29) is 41.8 Å². The Kier molecular flexibility index (Phi) is 5.25. The molecule has 2 N–H and O–H groups in total. The fourth-order valence-electron chi connectivity index (χ4n) is 7.41. The molecule has 30 heavy (non-hydrogen) atoms. The summed E-state index contributed by atoms with van der Waals surface area (Å²) in [5, 5.41) is 22.6. The average molecular weight is 440 g/mol. The van der Waals surface area contributed by atoms with Crippen LogP contribution in [-0.2, 0) is 18.7 Å². The van der Waals surface area contributed by atoms with Gasteiger partial charge in [-0.3, -0.25) is 9.59 Å². The van der Waals surface area contributed by atoms with E-state index in [2.05, 4.69) is 11.4 Å². The van der Waals surface area contributed by atoms with Gasteiger partial charge < -0.3 is 29.1 Å². The predicted octanol–water partition coefficient (Wildman–Crippen LogP) is 0.635. The maximum absolute atomic E-state index is 12.8. The second-order valence-electron chi connectivity index (χ2n) is 10.1. The van der Waals surface area contributed by atoms with Gasteiger partial charge >= 0.3 is 0 Å². The lowest BCUT2D eigenvalue weighted by Crippen LogP contribution is -2.62. The summed E-state index contributed by atoms with van der Waals surface area (Å²) in [7, 11) is -5.33. The topological polar surface area (TPSA) is 147 Å². The number of aliphatic hydroxyl groups is 2. The van der Waals surface area contributed by atoms with Crippen LogP contribution in [0.4, 0.5) is 0 Å². The van der Waals surface area contributed by atoms with Crippen molar-refractivity contribution >= 4 is 19.4 Å². The molecule has 9 heteroatoms. The van der Waals surface area contributed by atoms with Crippen molar-refractivity contribution < 1.29 is 38.7 Å². The molecular weight excluding hydrogens is 411 g/mol. The zero-order valence-corrected chi connectivity index (χ0v) is 18.2. The minimum Gasteiger partial charge on any atom is -0.790 e. The Morgan fingerprint density at radius 2 is 1.97 bits per heavy atom. The third-order valence-corrected chi connectivity index (χ3v) is 9.31. The van der Waals surface area contributed by atoms with Gasteiger partial charge in [0.05, 0.1) is 13.9 Å². The van der Waals surface area contributed by atoms with E-state index in [1.807, 2.05) is 0 Å². The van der Waals surface area contributed by atoms with Gasteiger partial charge in [0.1, 0.15) is 12.2 Å². The van der Waals surface area contributed by atoms with Crippen LogP contribution < -0.4 is 9.79 Å². The van der Waals surface area contributed by atoms with E-state index in [4.69, 9.17) is 0 Å². The number of phosphoric ester groups is 1. The molecule has 0 aromatic carbocycles. The van der Waals surface area contributed by atoms with Gasteiger partial charge in [0.25, 0.3) is 0 Å². The van der Waals surface area contributed by atoms with Crippen molar-refractivity contribution in [2.24, 2.45) is 28.6 Å². The van der Waals surface area contributed by atoms with Gasteiger partial charge in [-0.05, 0) is 67.8 Å². The first-order chi connectivity index (χ1) is 13.8. The van der Waals surface area contributed by atoms with Gasteiger partial charge in [-0.15, -0.1) is 0 Å². The van der Waals surface area contributed by atoms with E-state index in [1.165, 1.54) is 0 Å². The Labute approximate surface area is 175 Å². The van der Waals surface area contributed by atoms with Gasteiger partial charge in [0.2, 0.25) is 0 Å². The molecule has 0 aliphatic heterocycles. The lowest BCUT2D eigenvalue weighted by Gasteiger charge is -2.60. The number of ketones is 2. The molecule has 0 saturated heterocycles. The number of allylic oxidation sites excluding steroid dienone is 1. The molecule has 0 radical (unpaired) electrons. The normalized spacial score (nSPS) is 45.9. The number of hydrogen-bond acceptors (Lipinski definition) is 8. The van der Waals surface area contributed by atoms with E-state index >= 15 is 0 Å². The molecular formula is C21H29O8P-2. The number of fused-ring (bicyclic) bond motifs is 5. The summed E-state index contributed by atoms with van der Waals surface area (Å²) in [5.41, 5.74) is -1.96. The SMILES string of the molecule is C[C@]12CCC(=O)C=C1CC[C@@H]1[C@@H]2[C@@H](O)C[C@@]2(C)[C@H]1CC[C@]2(O)C(=O)COP(=O)([O-])[O-]. The van der Waals surface area contributed by atoms with Crippen LogP contribution in [0.1, 0.15) is 58.8 Å². The second-order valence-corrected chi connectivity index (χ2v) is 11.3. The first-order valence-electron chi connectivity index (χ1n) is 10.7. The van der Waals surface area contributed by atoms with Crippen molar-refractivity contribution in [3.63, 3.8) is 0 Å². The van der Waals surface area contributed by atoms with Crippen LogP contribution in [0.3, 0.4) is 0 Å². The highest BCUT2D eigenvalue weighted by Gasteiger charge is 2.68. The highest BCUT2D eigenvalue weighted by atomic mass is 31.2. The highest BCUT2D eigenvalue weighted by Crippen LogP contribution is 2.67. The molecule has 8 nitrogen and oxygen atoms in total. The standard InChI is InChI=1S/C21H31O8P/c1-19-7-5-13(22)9-12(19)3-4-14-15-6-8-21(25,17(24)11-29-30(26,27)28)20(15,2)10-16(23)18(14)19/h9,14-16,18,23,25H,3-8,10-11H2,1-2H3,(H2,26,27,28)/p-2/t14-,15-,16-,18+,19-,20-,21-/m0/s1. The molecule has 0 spiro atoms. The minimum atomic E-state index is -5.33. The Hall–Kier alpha value is -0.890. The quantitative estimate of drug-likeness (QED) is 0.605. The molecule has 168 valence electrons. The molecule has 3 saturated carbocycles. The molecule has 4 rings (SSSR count).